The Kier molecular flexibility index (Phi) is 4.97. The molecule has 0 saturated carbocycles. The maximum atomic E-state index is 12.2. The van der Waals surface area contributed by atoms with Gasteiger partial charge in [0.05, 0.1) is 12.6 Å². The lowest BCUT2D eigenvalue weighted by atomic mass is 10.1. The van der Waals surface area contributed by atoms with Crippen LogP contribution in [-0.2, 0) is 14.3 Å². The highest BCUT2D eigenvalue weighted by Crippen LogP contribution is 2.13. The highest BCUT2D eigenvalue weighted by Gasteiger charge is 2.36. The first kappa shape index (κ1) is 14.8. The molecular weight excluding hydrogens is 278 g/mol. The summed E-state index contributed by atoms with van der Waals surface area (Å²) in [5.41, 5.74) is 0. The Bertz CT molecular complexity index is 458. The van der Waals surface area contributed by atoms with Gasteiger partial charge in [0.2, 0.25) is 11.8 Å². The molecule has 2 amide bonds. The number of ether oxygens (including phenoxy) is 1. The minimum Gasteiger partial charge on any atom is -0.376 e. The van der Waals surface area contributed by atoms with Crippen molar-refractivity contribution in [1.82, 2.24) is 10.2 Å². The number of hydrogen-bond donors (Lipinski definition) is 1. The zero-order chi connectivity index (χ0) is 14.5. The Hall–Kier alpha value is -1.60. The van der Waals surface area contributed by atoms with Crippen LogP contribution in [0.1, 0.15) is 12.8 Å². The van der Waals surface area contributed by atoms with Gasteiger partial charge in [-0.25, -0.2) is 0 Å². The molecule has 2 aliphatic rings. The van der Waals surface area contributed by atoms with Gasteiger partial charge < -0.3 is 10.1 Å². The fourth-order valence-electron chi connectivity index (χ4n) is 2.14. The topological polar surface area (TPSA) is 71.0 Å². The third-order valence-electron chi connectivity index (χ3n) is 3.19. The second-order valence-corrected chi connectivity index (χ2v) is 5.05. The van der Waals surface area contributed by atoms with Crippen molar-refractivity contribution < 1.29 is 14.3 Å². The minimum absolute atomic E-state index is 0.0957. The lowest BCUT2D eigenvalue weighted by Gasteiger charge is -2.30. The molecule has 2 heterocycles. The summed E-state index contributed by atoms with van der Waals surface area (Å²) in [6, 6.07) is 0. The summed E-state index contributed by atoms with van der Waals surface area (Å²) in [6.45, 7) is 5.07. The average Bonchev–Trinajstić information content (AvgIpc) is 2.91. The number of carbonyl (C=O) groups is 2. The van der Waals surface area contributed by atoms with Crippen molar-refractivity contribution in [2.45, 2.75) is 18.9 Å². The number of hydrogen-bond acceptors (Lipinski definition) is 5. The van der Waals surface area contributed by atoms with E-state index in [1.54, 1.807) is 6.08 Å². The molecule has 0 aliphatic carbocycles. The standard InChI is InChI=1S/C13H17N3O3S/c1-2-5-16-12(18)10(11(17)15-13(16)20)8-14-7-9-4-3-6-19-9/h2,8-10H,1,3-7H2,(H,15,17,20)/t9-,10-/m1/s1. The summed E-state index contributed by atoms with van der Waals surface area (Å²) < 4.78 is 5.43. The van der Waals surface area contributed by atoms with E-state index in [-0.39, 0.29) is 23.7 Å². The van der Waals surface area contributed by atoms with E-state index in [1.807, 2.05) is 0 Å². The Morgan fingerprint density at radius 3 is 3.00 bits per heavy atom. The minimum atomic E-state index is -0.928. The molecule has 0 bridgehead atoms. The second kappa shape index (κ2) is 6.71. The highest BCUT2D eigenvalue weighted by atomic mass is 32.1. The summed E-state index contributed by atoms with van der Waals surface area (Å²) in [7, 11) is 0. The van der Waals surface area contributed by atoms with Gasteiger partial charge in [0.1, 0.15) is 0 Å². The van der Waals surface area contributed by atoms with Gasteiger partial charge in [0, 0.05) is 19.4 Å². The maximum Gasteiger partial charge on any atom is 0.247 e. The summed E-state index contributed by atoms with van der Waals surface area (Å²) in [6.07, 6.45) is 5.04. The van der Waals surface area contributed by atoms with Crippen molar-refractivity contribution >= 4 is 35.4 Å². The van der Waals surface area contributed by atoms with E-state index in [4.69, 9.17) is 17.0 Å². The van der Waals surface area contributed by atoms with Crippen LogP contribution >= 0.6 is 12.2 Å². The lowest BCUT2D eigenvalue weighted by molar-refractivity contribution is -0.137. The van der Waals surface area contributed by atoms with E-state index in [0.717, 1.165) is 19.4 Å². The predicted octanol–water partition coefficient (Wildman–Crippen LogP) is 0.282. The van der Waals surface area contributed by atoms with E-state index in [1.165, 1.54) is 11.1 Å². The molecule has 0 unspecified atom stereocenters. The van der Waals surface area contributed by atoms with Crippen LogP contribution < -0.4 is 5.32 Å². The summed E-state index contributed by atoms with van der Waals surface area (Å²) in [5, 5.41) is 2.61. The third kappa shape index (κ3) is 3.29. The molecule has 1 N–H and O–H groups in total. The van der Waals surface area contributed by atoms with Gasteiger partial charge in [0.25, 0.3) is 0 Å². The SMILES string of the molecule is C=CCN1C(=O)[C@H](C=NC[C@H]2CCCO2)C(=O)NC1=S. The van der Waals surface area contributed by atoms with E-state index in [2.05, 4.69) is 16.9 Å². The zero-order valence-electron chi connectivity index (χ0n) is 11.1. The molecular formula is C13H17N3O3S. The molecule has 0 aromatic carbocycles. The van der Waals surface area contributed by atoms with Gasteiger partial charge >= 0.3 is 0 Å². The fraction of sp³-hybridized carbons (Fsp3) is 0.538. The van der Waals surface area contributed by atoms with Crippen molar-refractivity contribution in [1.29, 1.82) is 0 Å². The maximum absolute atomic E-state index is 12.2. The van der Waals surface area contributed by atoms with E-state index in [0.29, 0.717) is 6.54 Å². The number of nitrogens with zero attached hydrogens (tertiary/aromatic N) is 2. The molecule has 2 saturated heterocycles. The first-order chi connectivity index (χ1) is 9.63. The lowest BCUT2D eigenvalue weighted by Crippen LogP contribution is -2.58. The van der Waals surface area contributed by atoms with Crippen LogP contribution in [0, 0.1) is 5.92 Å². The second-order valence-electron chi connectivity index (χ2n) is 4.66. The van der Waals surface area contributed by atoms with Crippen molar-refractivity contribution in [2.24, 2.45) is 10.9 Å². The first-order valence-electron chi connectivity index (χ1n) is 6.52. The highest BCUT2D eigenvalue weighted by molar-refractivity contribution is 7.80. The molecule has 2 atom stereocenters. The number of amides is 2. The Balaban J connectivity index is 1.99. The van der Waals surface area contributed by atoms with Crippen LogP contribution in [0.25, 0.3) is 0 Å². The van der Waals surface area contributed by atoms with Gasteiger partial charge in [-0.2, -0.15) is 0 Å². The van der Waals surface area contributed by atoms with Gasteiger partial charge in [-0.15, -0.1) is 6.58 Å². The van der Waals surface area contributed by atoms with Crippen molar-refractivity contribution in [3.8, 4) is 0 Å². The molecule has 0 spiro atoms. The summed E-state index contributed by atoms with van der Waals surface area (Å²) >= 11 is 4.96. The fourth-order valence-corrected chi connectivity index (χ4v) is 2.40. The van der Waals surface area contributed by atoms with Gasteiger partial charge in [0.15, 0.2) is 11.0 Å². The zero-order valence-corrected chi connectivity index (χ0v) is 11.9. The van der Waals surface area contributed by atoms with E-state index >= 15 is 0 Å². The normalized spacial score (nSPS) is 27.2. The average molecular weight is 295 g/mol. The quantitative estimate of drug-likeness (QED) is 0.342. The van der Waals surface area contributed by atoms with Crippen molar-refractivity contribution in [3.63, 3.8) is 0 Å². The molecule has 2 aliphatic heterocycles. The monoisotopic (exact) mass is 295 g/mol. The number of carbonyl (C=O) groups excluding carboxylic acids is 2. The molecule has 2 rings (SSSR count). The van der Waals surface area contributed by atoms with E-state index in [9.17, 15) is 9.59 Å². The van der Waals surface area contributed by atoms with Gasteiger partial charge in [-0.1, -0.05) is 6.08 Å². The molecule has 108 valence electrons. The number of rotatable bonds is 5. The Morgan fingerprint density at radius 1 is 1.55 bits per heavy atom. The molecule has 0 aromatic heterocycles. The predicted molar refractivity (Wildman–Crippen MR) is 78.5 cm³/mol. The van der Waals surface area contributed by atoms with Gasteiger partial charge in [-0.05, 0) is 25.1 Å². The van der Waals surface area contributed by atoms with Crippen LogP contribution in [0.15, 0.2) is 17.6 Å². The third-order valence-corrected chi connectivity index (χ3v) is 3.51. The molecule has 2 fully saturated rings. The summed E-state index contributed by atoms with van der Waals surface area (Å²) in [4.78, 5) is 29.5. The Labute approximate surface area is 122 Å². The smallest absolute Gasteiger partial charge is 0.247 e. The van der Waals surface area contributed by atoms with Crippen LogP contribution in [0.5, 0.6) is 0 Å². The first-order valence-corrected chi connectivity index (χ1v) is 6.93. The number of thiocarbonyl (C=S) groups is 1. The van der Waals surface area contributed by atoms with Crippen molar-refractivity contribution in [2.75, 3.05) is 19.7 Å². The molecule has 0 aromatic rings. The van der Waals surface area contributed by atoms with Crippen molar-refractivity contribution in [3.05, 3.63) is 12.7 Å². The number of nitrogens with one attached hydrogen (secondary N) is 1. The summed E-state index contributed by atoms with van der Waals surface area (Å²) in [5.74, 6) is -1.73. The van der Waals surface area contributed by atoms with Crippen LogP contribution in [0.3, 0.4) is 0 Å². The molecule has 7 heteroatoms. The molecule has 6 nitrogen and oxygen atoms in total. The van der Waals surface area contributed by atoms with Gasteiger partial charge in [-0.3, -0.25) is 19.5 Å². The van der Waals surface area contributed by atoms with Crippen LogP contribution in [0.2, 0.25) is 0 Å². The number of aliphatic imine (C=N–C) groups is 1. The molecule has 20 heavy (non-hydrogen) atoms. The van der Waals surface area contributed by atoms with E-state index < -0.39 is 11.8 Å². The molecule has 0 radical (unpaired) electrons. The Morgan fingerprint density at radius 2 is 2.35 bits per heavy atom. The largest absolute Gasteiger partial charge is 0.376 e. The van der Waals surface area contributed by atoms with Crippen LogP contribution in [-0.4, -0.2) is 53.8 Å². The van der Waals surface area contributed by atoms with Crippen LogP contribution in [0.4, 0.5) is 0 Å².